The van der Waals surface area contributed by atoms with Crippen molar-refractivity contribution in [1.82, 2.24) is 20.2 Å². The molecule has 0 aliphatic heterocycles. The van der Waals surface area contributed by atoms with Gasteiger partial charge in [0.2, 0.25) is 5.82 Å². The molecule has 0 saturated heterocycles. The highest BCUT2D eigenvalue weighted by Gasteiger charge is 2.15. The van der Waals surface area contributed by atoms with Gasteiger partial charge in [-0.2, -0.15) is 0 Å². The van der Waals surface area contributed by atoms with Crippen molar-refractivity contribution in [3.63, 3.8) is 0 Å². The summed E-state index contributed by atoms with van der Waals surface area (Å²) in [5, 5.41) is 15.8. The van der Waals surface area contributed by atoms with E-state index < -0.39 is 0 Å². The topological polar surface area (TPSA) is 94.1 Å². The second-order valence-corrected chi connectivity index (χ2v) is 8.25. The van der Waals surface area contributed by atoms with Crippen LogP contribution in [0, 0.1) is 0 Å². The lowest BCUT2D eigenvalue weighted by Gasteiger charge is -2.12. The van der Waals surface area contributed by atoms with Crippen molar-refractivity contribution >= 4 is 11.4 Å². The average Bonchev–Trinajstić information content (AvgIpc) is 2.94. The van der Waals surface area contributed by atoms with E-state index in [9.17, 15) is 0 Å². The lowest BCUT2D eigenvalue weighted by molar-refractivity contribution is 0.197. The highest BCUT2D eigenvalue weighted by molar-refractivity contribution is 5.79. The van der Waals surface area contributed by atoms with Crippen molar-refractivity contribution in [2.45, 2.75) is 12.8 Å². The molecule has 2 heterocycles. The monoisotopic (exact) mass is 484 g/mol. The first-order valence-corrected chi connectivity index (χ1v) is 12.1. The minimum absolute atomic E-state index is 0.493. The van der Waals surface area contributed by atoms with Gasteiger partial charge in [0.15, 0.2) is 0 Å². The Bertz CT molecular complexity index is 1200. The van der Waals surface area contributed by atoms with Gasteiger partial charge in [0.05, 0.1) is 0 Å². The van der Waals surface area contributed by atoms with Crippen LogP contribution in [0.1, 0.15) is 12.8 Å². The summed E-state index contributed by atoms with van der Waals surface area (Å²) in [6, 6.07) is 22.1. The molecule has 4 aromatic rings. The molecule has 186 valence electrons. The van der Waals surface area contributed by atoms with Gasteiger partial charge in [-0.15, -0.1) is 10.2 Å². The maximum absolute atomic E-state index is 5.12. The molecule has 0 radical (unpaired) electrons. The van der Waals surface area contributed by atoms with Gasteiger partial charge in [-0.1, -0.05) is 30.3 Å². The van der Waals surface area contributed by atoms with Crippen LogP contribution in [-0.4, -0.2) is 60.7 Å². The second-order valence-electron chi connectivity index (χ2n) is 8.25. The minimum atomic E-state index is 0.493. The lowest BCUT2D eigenvalue weighted by Crippen LogP contribution is -2.05. The van der Waals surface area contributed by atoms with Gasteiger partial charge in [0, 0.05) is 69.2 Å². The van der Waals surface area contributed by atoms with Crippen LogP contribution in [0.15, 0.2) is 72.9 Å². The molecule has 0 aliphatic rings. The summed E-state index contributed by atoms with van der Waals surface area (Å²) in [4.78, 5) is 9.30. The Kier molecular flexibility index (Phi) is 9.30. The molecule has 0 atom stereocenters. The Morgan fingerprint density at radius 2 is 1.25 bits per heavy atom. The zero-order valence-electron chi connectivity index (χ0n) is 20.8. The lowest BCUT2D eigenvalue weighted by atomic mass is 10.0. The molecule has 0 amide bonds. The number of ether oxygens (including phenoxy) is 2. The summed E-state index contributed by atoms with van der Waals surface area (Å²) in [6.07, 6.45) is 3.63. The first-order valence-electron chi connectivity index (χ1n) is 12.1. The molecule has 2 aromatic heterocycles. The second kappa shape index (κ2) is 13.3. The molecule has 2 N–H and O–H groups in total. The largest absolute Gasteiger partial charge is 0.385 e. The van der Waals surface area contributed by atoms with E-state index in [2.05, 4.69) is 50.1 Å². The molecule has 36 heavy (non-hydrogen) atoms. The van der Waals surface area contributed by atoms with Crippen molar-refractivity contribution in [3.8, 4) is 34.0 Å². The van der Waals surface area contributed by atoms with Gasteiger partial charge >= 0.3 is 0 Å². The SMILES string of the molecule is COCCCNc1ccc(-c2nnc(-c3ccccn3)nc2-c2ccc(NCCCOC)cc2)cc1. The summed E-state index contributed by atoms with van der Waals surface area (Å²) in [5.41, 5.74) is 6.17. The quantitative estimate of drug-likeness (QED) is 0.251. The van der Waals surface area contributed by atoms with Crippen LogP contribution in [0.2, 0.25) is 0 Å². The summed E-state index contributed by atoms with van der Waals surface area (Å²) in [5.74, 6) is 0.493. The Morgan fingerprint density at radius 1 is 0.667 bits per heavy atom. The van der Waals surface area contributed by atoms with E-state index in [1.54, 1.807) is 20.4 Å². The van der Waals surface area contributed by atoms with Crippen LogP contribution in [0.25, 0.3) is 34.0 Å². The molecule has 0 saturated carbocycles. The molecule has 0 bridgehead atoms. The predicted octanol–water partition coefficient (Wildman–Crippen LogP) is 5.16. The number of methoxy groups -OCH3 is 2. The van der Waals surface area contributed by atoms with E-state index >= 15 is 0 Å². The van der Waals surface area contributed by atoms with Crippen LogP contribution >= 0.6 is 0 Å². The molecular weight excluding hydrogens is 452 g/mol. The Labute approximate surface area is 212 Å². The van der Waals surface area contributed by atoms with Crippen molar-refractivity contribution in [2.75, 3.05) is 51.2 Å². The van der Waals surface area contributed by atoms with E-state index in [0.717, 1.165) is 73.0 Å². The number of pyridine rings is 1. The third-order valence-electron chi connectivity index (χ3n) is 5.61. The fourth-order valence-corrected chi connectivity index (χ4v) is 3.72. The Balaban J connectivity index is 1.61. The van der Waals surface area contributed by atoms with Crippen LogP contribution < -0.4 is 10.6 Å². The summed E-state index contributed by atoms with van der Waals surface area (Å²) >= 11 is 0. The number of rotatable bonds is 13. The zero-order valence-corrected chi connectivity index (χ0v) is 20.8. The van der Waals surface area contributed by atoms with E-state index in [-0.39, 0.29) is 0 Å². The smallest absolute Gasteiger partial charge is 0.201 e. The van der Waals surface area contributed by atoms with Gasteiger partial charge in [-0.3, -0.25) is 4.98 Å². The zero-order chi connectivity index (χ0) is 25.0. The summed E-state index contributed by atoms with van der Waals surface area (Å²) in [6.45, 7) is 3.17. The van der Waals surface area contributed by atoms with E-state index in [0.29, 0.717) is 11.5 Å². The van der Waals surface area contributed by atoms with E-state index in [4.69, 9.17) is 14.5 Å². The number of anilines is 2. The van der Waals surface area contributed by atoms with Crippen LogP contribution in [0.4, 0.5) is 11.4 Å². The number of nitrogens with zero attached hydrogens (tertiary/aromatic N) is 4. The number of nitrogens with one attached hydrogen (secondary N) is 2. The highest BCUT2D eigenvalue weighted by Crippen LogP contribution is 2.31. The molecule has 8 nitrogen and oxygen atoms in total. The fraction of sp³-hybridized carbons (Fsp3) is 0.286. The average molecular weight is 485 g/mol. The van der Waals surface area contributed by atoms with Crippen molar-refractivity contribution in [3.05, 3.63) is 72.9 Å². The first kappa shape index (κ1) is 25.2. The van der Waals surface area contributed by atoms with Gasteiger partial charge < -0.3 is 20.1 Å². The minimum Gasteiger partial charge on any atom is -0.385 e. The maximum atomic E-state index is 5.12. The predicted molar refractivity (Wildman–Crippen MR) is 144 cm³/mol. The Morgan fingerprint density at radius 3 is 1.78 bits per heavy atom. The molecule has 0 unspecified atom stereocenters. The molecular formula is C28H32N6O2. The first-order chi connectivity index (χ1) is 17.8. The molecule has 0 fully saturated rings. The number of hydrogen-bond donors (Lipinski definition) is 2. The van der Waals surface area contributed by atoms with Crippen molar-refractivity contribution in [1.29, 1.82) is 0 Å². The maximum Gasteiger partial charge on any atom is 0.201 e. The van der Waals surface area contributed by atoms with Crippen molar-refractivity contribution < 1.29 is 9.47 Å². The number of hydrogen-bond acceptors (Lipinski definition) is 8. The van der Waals surface area contributed by atoms with Gasteiger partial charge in [0.1, 0.15) is 17.1 Å². The normalized spacial score (nSPS) is 10.8. The van der Waals surface area contributed by atoms with Gasteiger partial charge in [-0.05, 0) is 49.2 Å². The molecule has 8 heteroatoms. The van der Waals surface area contributed by atoms with E-state index in [1.165, 1.54) is 0 Å². The summed E-state index contributed by atoms with van der Waals surface area (Å²) < 4.78 is 10.2. The third kappa shape index (κ3) is 6.84. The van der Waals surface area contributed by atoms with Crippen LogP contribution in [-0.2, 0) is 9.47 Å². The molecule has 4 rings (SSSR count). The van der Waals surface area contributed by atoms with Gasteiger partial charge in [0.25, 0.3) is 0 Å². The number of aromatic nitrogens is 4. The van der Waals surface area contributed by atoms with Crippen molar-refractivity contribution in [2.24, 2.45) is 0 Å². The van der Waals surface area contributed by atoms with Crippen LogP contribution in [0.3, 0.4) is 0 Å². The van der Waals surface area contributed by atoms with Gasteiger partial charge in [-0.25, -0.2) is 4.98 Å². The fourth-order valence-electron chi connectivity index (χ4n) is 3.72. The molecule has 2 aromatic carbocycles. The number of benzene rings is 2. The molecule has 0 spiro atoms. The molecule has 0 aliphatic carbocycles. The Hall–Kier alpha value is -3.88. The van der Waals surface area contributed by atoms with Crippen LogP contribution in [0.5, 0.6) is 0 Å². The summed E-state index contributed by atoms with van der Waals surface area (Å²) in [7, 11) is 3.43. The highest BCUT2D eigenvalue weighted by atomic mass is 16.5. The van der Waals surface area contributed by atoms with E-state index in [1.807, 2.05) is 42.5 Å². The third-order valence-corrected chi connectivity index (χ3v) is 5.61. The standard InChI is InChI=1S/C28H32N6O2/c1-35-19-5-17-29-23-12-8-21(9-13-23)26-27(33-34-28(32-26)25-7-3-4-16-31-25)22-10-14-24(15-11-22)30-18-6-20-36-2/h3-4,7-16,29-30H,5-6,17-20H2,1-2H3.